The highest BCUT2D eigenvalue weighted by Crippen LogP contribution is 2.12. The Balaban J connectivity index is 1.99. The van der Waals surface area contributed by atoms with Crippen molar-refractivity contribution in [2.45, 2.75) is 38.8 Å². The number of benzene rings is 2. The summed E-state index contributed by atoms with van der Waals surface area (Å²) in [7, 11) is 0. The molecule has 4 nitrogen and oxygen atoms in total. The van der Waals surface area contributed by atoms with E-state index in [0.717, 1.165) is 11.3 Å². The van der Waals surface area contributed by atoms with Crippen molar-refractivity contribution in [3.63, 3.8) is 0 Å². The number of rotatable bonds is 6. The molecule has 0 heterocycles. The molecule has 2 aromatic carbocycles. The van der Waals surface area contributed by atoms with E-state index in [1.165, 1.54) is 0 Å². The Morgan fingerprint density at radius 3 is 2.17 bits per heavy atom. The molecule has 0 fully saturated rings. The lowest BCUT2D eigenvalue weighted by atomic mass is 10.1. The number of nitrogens with one attached hydrogen (secondary N) is 1. The van der Waals surface area contributed by atoms with Crippen LogP contribution in [0.3, 0.4) is 0 Å². The molecule has 0 aliphatic carbocycles. The fourth-order valence-corrected chi connectivity index (χ4v) is 2.24. The van der Waals surface area contributed by atoms with Gasteiger partial charge in [-0.05, 0) is 44.9 Å². The second kappa shape index (κ2) is 8.39. The van der Waals surface area contributed by atoms with E-state index < -0.39 is 11.7 Å². The third kappa shape index (κ3) is 6.73. The number of amides is 1. The third-order valence-corrected chi connectivity index (χ3v) is 3.24. The summed E-state index contributed by atoms with van der Waals surface area (Å²) in [6.45, 7) is 5.91. The minimum atomic E-state index is -0.526. The molecule has 24 heavy (non-hydrogen) atoms. The average molecular weight is 327 g/mol. The largest absolute Gasteiger partial charge is 0.491 e. The maximum atomic E-state index is 12.1. The summed E-state index contributed by atoms with van der Waals surface area (Å²) >= 11 is 0. The van der Waals surface area contributed by atoms with Gasteiger partial charge < -0.3 is 14.8 Å². The standard InChI is InChI=1S/C20H25NO3/c1-20(2,3)24-19(22)21-17(14-16-10-6-4-7-11-16)15-23-18-12-8-5-9-13-18/h4-13,17H,14-15H2,1-3H3,(H,21,22)/t17-/m1/s1. The molecule has 4 heteroatoms. The molecule has 0 saturated carbocycles. The third-order valence-electron chi connectivity index (χ3n) is 3.24. The normalized spacial score (nSPS) is 12.3. The van der Waals surface area contributed by atoms with Crippen LogP contribution >= 0.6 is 0 Å². The molecule has 0 aliphatic heterocycles. The highest BCUT2D eigenvalue weighted by atomic mass is 16.6. The topological polar surface area (TPSA) is 47.6 Å². The number of hydrogen-bond donors (Lipinski definition) is 1. The minimum absolute atomic E-state index is 0.178. The van der Waals surface area contributed by atoms with Gasteiger partial charge in [-0.3, -0.25) is 0 Å². The minimum Gasteiger partial charge on any atom is -0.491 e. The Morgan fingerprint density at radius 2 is 1.58 bits per heavy atom. The van der Waals surface area contributed by atoms with Gasteiger partial charge in [0.1, 0.15) is 18.0 Å². The molecule has 128 valence electrons. The van der Waals surface area contributed by atoms with Crippen LogP contribution in [-0.4, -0.2) is 24.3 Å². The van der Waals surface area contributed by atoms with Crippen LogP contribution in [0.5, 0.6) is 5.75 Å². The number of carbonyl (C=O) groups excluding carboxylic acids is 1. The Hall–Kier alpha value is -2.49. The predicted molar refractivity (Wildman–Crippen MR) is 95.2 cm³/mol. The van der Waals surface area contributed by atoms with Gasteiger partial charge >= 0.3 is 6.09 Å². The van der Waals surface area contributed by atoms with Gasteiger partial charge in [-0.2, -0.15) is 0 Å². The monoisotopic (exact) mass is 327 g/mol. The van der Waals surface area contributed by atoms with E-state index in [1.54, 1.807) is 0 Å². The molecule has 0 aromatic heterocycles. The van der Waals surface area contributed by atoms with Gasteiger partial charge in [0.2, 0.25) is 0 Å². The molecular weight excluding hydrogens is 302 g/mol. The van der Waals surface area contributed by atoms with Gasteiger partial charge in [-0.15, -0.1) is 0 Å². The lowest BCUT2D eigenvalue weighted by molar-refractivity contribution is 0.0488. The molecule has 0 spiro atoms. The maximum Gasteiger partial charge on any atom is 0.408 e. The lowest BCUT2D eigenvalue weighted by Crippen LogP contribution is -2.43. The zero-order chi connectivity index (χ0) is 17.4. The van der Waals surface area contributed by atoms with E-state index in [1.807, 2.05) is 81.4 Å². The predicted octanol–water partition coefficient (Wildman–Crippen LogP) is 4.20. The van der Waals surface area contributed by atoms with E-state index in [-0.39, 0.29) is 6.04 Å². The number of carbonyl (C=O) groups is 1. The molecule has 0 aliphatic rings. The SMILES string of the molecule is CC(C)(C)OC(=O)N[C@@H](COc1ccccc1)Cc1ccccc1. The second-order valence-corrected chi connectivity index (χ2v) is 6.66. The number of hydrogen-bond acceptors (Lipinski definition) is 3. The van der Waals surface area contributed by atoms with E-state index in [9.17, 15) is 4.79 Å². The van der Waals surface area contributed by atoms with Crippen LogP contribution in [0.2, 0.25) is 0 Å². The van der Waals surface area contributed by atoms with Crippen LogP contribution in [0, 0.1) is 0 Å². The van der Waals surface area contributed by atoms with E-state index in [4.69, 9.17) is 9.47 Å². The molecule has 1 atom stereocenters. The van der Waals surface area contributed by atoms with Gasteiger partial charge in [0.15, 0.2) is 0 Å². The zero-order valence-electron chi connectivity index (χ0n) is 14.5. The first-order chi connectivity index (χ1) is 11.4. The summed E-state index contributed by atoms with van der Waals surface area (Å²) in [4.78, 5) is 12.1. The van der Waals surface area contributed by atoms with Crippen molar-refractivity contribution in [3.05, 3.63) is 66.2 Å². The molecule has 0 saturated heterocycles. The summed E-state index contributed by atoms with van der Waals surface area (Å²) < 4.78 is 11.2. The van der Waals surface area contributed by atoms with Crippen molar-refractivity contribution in [1.82, 2.24) is 5.32 Å². The molecule has 1 N–H and O–H groups in total. The summed E-state index contributed by atoms with van der Waals surface area (Å²) in [5, 5.41) is 2.91. The van der Waals surface area contributed by atoms with Crippen LogP contribution in [0.4, 0.5) is 4.79 Å². The number of alkyl carbamates (subject to hydrolysis) is 1. The molecular formula is C20H25NO3. The van der Waals surface area contributed by atoms with Crippen molar-refractivity contribution in [3.8, 4) is 5.75 Å². The Labute approximate surface area is 143 Å². The van der Waals surface area contributed by atoms with Gasteiger partial charge in [-0.25, -0.2) is 4.79 Å². The lowest BCUT2D eigenvalue weighted by Gasteiger charge is -2.24. The van der Waals surface area contributed by atoms with Crippen molar-refractivity contribution in [2.24, 2.45) is 0 Å². The van der Waals surface area contributed by atoms with Crippen LogP contribution in [-0.2, 0) is 11.2 Å². The van der Waals surface area contributed by atoms with Crippen LogP contribution in [0.25, 0.3) is 0 Å². The molecule has 2 rings (SSSR count). The maximum absolute atomic E-state index is 12.1. The highest BCUT2D eigenvalue weighted by molar-refractivity contribution is 5.68. The van der Waals surface area contributed by atoms with Crippen molar-refractivity contribution in [1.29, 1.82) is 0 Å². The summed E-state index contributed by atoms with van der Waals surface area (Å²) in [5.74, 6) is 0.779. The summed E-state index contributed by atoms with van der Waals surface area (Å²) in [6.07, 6.45) is 0.243. The smallest absolute Gasteiger partial charge is 0.408 e. The Kier molecular flexibility index (Phi) is 6.24. The Bertz CT molecular complexity index is 620. The van der Waals surface area contributed by atoms with Crippen LogP contribution < -0.4 is 10.1 Å². The Morgan fingerprint density at radius 1 is 1.00 bits per heavy atom. The fourth-order valence-electron chi connectivity index (χ4n) is 2.24. The van der Waals surface area contributed by atoms with Gasteiger partial charge in [0, 0.05) is 0 Å². The van der Waals surface area contributed by atoms with E-state index >= 15 is 0 Å². The second-order valence-electron chi connectivity index (χ2n) is 6.66. The summed E-state index contributed by atoms with van der Waals surface area (Å²) in [5.41, 5.74) is 0.608. The van der Waals surface area contributed by atoms with Crippen molar-refractivity contribution < 1.29 is 14.3 Å². The first-order valence-corrected chi connectivity index (χ1v) is 8.14. The van der Waals surface area contributed by atoms with Crippen molar-refractivity contribution >= 4 is 6.09 Å². The zero-order valence-corrected chi connectivity index (χ0v) is 14.5. The van der Waals surface area contributed by atoms with E-state index in [0.29, 0.717) is 13.0 Å². The van der Waals surface area contributed by atoms with E-state index in [2.05, 4.69) is 5.32 Å². The van der Waals surface area contributed by atoms with Gasteiger partial charge in [0.25, 0.3) is 0 Å². The molecule has 0 bridgehead atoms. The highest BCUT2D eigenvalue weighted by Gasteiger charge is 2.20. The molecule has 0 radical (unpaired) electrons. The number of ether oxygens (including phenoxy) is 2. The van der Waals surface area contributed by atoms with Gasteiger partial charge in [0.05, 0.1) is 6.04 Å². The fraction of sp³-hybridized carbons (Fsp3) is 0.350. The molecule has 1 amide bonds. The van der Waals surface area contributed by atoms with Crippen LogP contribution in [0.15, 0.2) is 60.7 Å². The van der Waals surface area contributed by atoms with Crippen LogP contribution in [0.1, 0.15) is 26.3 Å². The quantitative estimate of drug-likeness (QED) is 0.865. The first-order valence-electron chi connectivity index (χ1n) is 8.14. The van der Waals surface area contributed by atoms with Crippen molar-refractivity contribution in [2.75, 3.05) is 6.61 Å². The first kappa shape index (κ1) is 17.9. The average Bonchev–Trinajstić information content (AvgIpc) is 2.53. The molecule has 0 unspecified atom stereocenters. The van der Waals surface area contributed by atoms with Gasteiger partial charge in [-0.1, -0.05) is 48.5 Å². The summed E-state index contributed by atoms with van der Waals surface area (Å²) in [6, 6.07) is 19.4. The molecule has 2 aromatic rings. The number of para-hydroxylation sites is 1.